The molecule has 0 unspecified atom stereocenters. The number of hydrogen-bond donors (Lipinski definition) is 6. The molecule has 6 N–H and O–H groups in total. The number of likely N-dealkylation sites (N-methyl/N-ethyl adjacent to an activating group) is 3. The molecule has 8 aromatic carbocycles. The van der Waals surface area contributed by atoms with Crippen LogP contribution in [0.15, 0.2) is 172 Å². The molecule has 684 valence electrons. The highest BCUT2D eigenvalue weighted by Crippen LogP contribution is 2.46. The van der Waals surface area contributed by atoms with Gasteiger partial charge in [0.15, 0.2) is 0 Å². The smallest absolute Gasteiger partial charge is 0.407 e. The number of carbonyl (C=O) groups excluding carboxylic acids is 4. The van der Waals surface area contributed by atoms with E-state index in [1.165, 1.54) is 12.1 Å². The van der Waals surface area contributed by atoms with Gasteiger partial charge in [0.05, 0.1) is 87.4 Å². The van der Waals surface area contributed by atoms with E-state index in [0.717, 1.165) is 72.3 Å². The van der Waals surface area contributed by atoms with Crippen molar-refractivity contribution < 1.29 is 77.6 Å². The number of sulfonamides is 3. The van der Waals surface area contributed by atoms with E-state index < -0.39 is 53.5 Å². The third-order valence-electron chi connectivity index (χ3n) is 23.1. The second-order valence-electron chi connectivity index (χ2n) is 32.3. The number of benzene rings is 8. The summed E-state index contributed by atoms with van der Waals surface area (Å²) in [6.07, 6.45) is -0.731. The van der Waals surface area contributed by atoms with E-state index in [1.54, 1.807) is 60.7 Å². The van der Waals surface area contributed by atoms with Gasteiger partial charge in [0.1, 0.15) is 12.4 Å². The van der Waals surface area contributed by atoms with E-state index in [2.05, 4.69) is 44.8 Å². The maximum atomic E-state index is 14.5. The molecule has 35 heteroatoms. The monoisotopic (exact) mass is 1920 g/mol. The van der Waals surface area contributed by atoms with Gasteiger partial charge in [-0.05, 0) is 192 Å². The largest absolute Gasteiger partial charge is 0.449 e. The molecule has 3 amide bonds. The van der Waals surface area contributed by atoms with Crippen LogP contribution >= 0.6 is 69.6 Å². The molecular formula is C92H109Cl6N9O17S3. The second kappa shape index (κ2) is 47.2. The first kappa shape index (κ1) is 98.8. The molecule has 8 aromatic rings. The number of ether oxygens (including phenoxy) is 7. The van der Waals surface area contributed by atoms with Crippen molar-refractivity contribution in [1.29, 1.82) is 0 Å². The topological polar surface area (TPSA) is 317 Å². The summed E-state index contributed by atoms with van der Waals surface area (Å²) >= 11 is 39.1. The molecule has 3 aliphatic heterocycles. The van der Waals surface area contributed by atoms with Crippen molar-refractivity contribution in [2.75, 3.05) is 159 Å². The fourth-order valence-electron chi connectivity index (χ4n) is 16.7. The summed E-state index contributed by atoms with van der Waals surface area (Å²) in [5.41, 5.74) is 10.8. The zero-order valence-corrected chi connectivity index (χ0v) is 78.2. The van der Waals surface area contributed by atoms with Gasteiger partial charge >= 0.3 is 6.09 Å². The zero-order chi connectivity index (χ0) is 90.3. The lowest BCUT2D eigenvalue weighted by atomic mass is 9.82. The van der Waals surface area contributed by atoms with E-state index >= 15 is 0 Å². The van der Waals surface area contributed by atoms with Crippen LogP contribution in [0.5, 0.6) is 0 Å². The van der Waals surface area contributed by atoms with Crippen molar-refractivity contribution in [2.45, 2.75) is 115 Å². The van der Waals surface area contributed by atoms with E-state index in [4.69, 9.17) is 103 Å². The highest BCUT2D eigenvalue weighted by molar-refractivity contribution is 7.90. The minimum Gasteiger partial charge on any atom is -0.449 e. The lowest BCUT2D eigenvalue weighted by Crippen LogP contribution is -2.50. The molecule has 0 radical (unpaired) electrons. The van der Waals surface area contributed by atoms with Crippen LogP contribution in [0.3, 0.4) is 0 Å². The van der Waals surface area contributed by atoms with Crippen LogP contribution in [0.25, 0.3) is 11.1 Å². The minimum atomic E-state index is -3.92. The number of nitrogens with one attached hydrogen (secondary N) is 6. The quantitative estimate of drug-likeness (QED) is 0.0193. The predicted octanol–water partition coefficient (Wildman–Crippen LogP) is 13.9. The Morgan fingerprint density at radius 1 is 0.386 bits per heavy atom. The molecule has 4 aliphatic rings. The van der Waals surface area contributed by atoms with Crippen molar-refractivity contribution >= 4 is 123 Å². The van der Waals surface area contributed by atoms with Gasteiger partial charge in [-0.3, -0.25) is 14.4 Å². The molecular weight excluding hydrogens is 1810 g/mol. The molecule has 0 bridgehead atoms. The maximum Gasteiger partial charge on any atom is 0.407 e. The fraction of sp³-hybridized carbons (Fsp3) is 0.435. The number of carbonyl (C=O) groups is 4. The highest BCUT2D eigenvalue weighted by Gasteiger charge is 2.38. The van der Waals surface area contributed by atoms with Crippen LogP contribution in [0.1, 0.15) is 136 Å². The molecule has 0 spiro atoms. The van der Waals surface area contributed by atoms with Crippen LogP contribution in [0.2, 0.25) is 30.1 Å². The number of Topliss-reactive ketones (excluding diaryl/α,β-unsaturated/α-hetero) is 1. The Morgan fingerprint density at radius 3 is 1.09 bits per heavy atom. The molecule has 0 saturated carbocycles. The molecule has 1 aliphatic carbocycles. The average Bonchev–Trinajstić information content (AvgIpc) is 1.76. The van der Waals surface area contributed by atoms with Gasteiger partial charge in [0, 0.05) is 164 Å². The first-order valence-corrected chi connectivity index (χ1v) is 49.2. The summed E-state index contributed by atoms with van der Waals surface area (Å²) in [6.45, 7) is 5.35. The molecule has 0 saturated heterocycles. The Kier molecular flexibility index (Phi) is 36.7. The SMILES string of the molecule is CN1Cc2c(Cl)cc(Cl)cc2[C@H](c2cccc(S(=O)(=O)NCCOCCOCCCC(=O)CCC(CCC(=O)NCCOCCOCCNS(=O)(=O)c3cccc([C@@H]4CN(C)Cc5c(Cl)cc(Cl)cc54)c3)(CCC(=O)NCCOCCOCCNS(=O)(=O)c3cccc([C@@H]4CN(C)Cc5c(Cl)cc(Cl)cc54)c3)NC(=O)OCC3c4ccccc4-c4ccccc43)c2)C1. The van der Waals surface area contributed by atoms with E-state index in [-0.39, 0.29) is 208 Å². The van der Waals surface area contributed by atoms with Crippen LogP contribution in [0, 0.1) is 0 Å². The molecule has 3 heterocycles. The number of hydrogen-bond acceptors (Lipinski definition) is 20. The first-order valence-electron chi connectivity index (χ1n) is 42.4. The summed E-state index contributed by atoms with van der Waals surface area (Å²) in [5.74, 6) is -1.73. The standard InChI is InChI=1S/C92H109Cl6N9O17S3/c1-105-55-79(76-49-65(93)52-86(96)82(76)58-105)62-12-8-16-69(46-62)125(112,113)101-31-37-121-41-40-118-34-11-15-68(108)23-26-92(104-91(111)124-61-85-74-21-6-4-19-72(74)73-20-5-7-22-75(73)85,27-24-89(109)99-29-35-119-42-44-122-38-32-102-126(114,115)70-17-9-13-63(47-70)80-56-106(2)59-83-77(80)50-66(94)53-87(83)97)28-25-90(110)100-30-36-120-43-45-123-39-33-103-127(116,117)71-18-10-14-64(48-71)81-57-107(3)60-84-78(81)51-67(95)54-88(84)98/h4-10,12-14,16-22,46-54,79-81,85,101-103H,11,15,23-45,55-61H2,1-3H3,(H,99,109)(H,100,110)(H,104,111)/t79-,80-,81-/m0/s1. The molecule has 0 aromatic heterocycles. The average molecular weight is 1920 g/mol. The Labute approximate surface area is 774 Å². The minimum absolute atomic E-state index is 0.00145. The third kappa shape index (κ3) is 27.9. The number of rotatable bonds is 49. The van der Waals surface area contributed by atoms with Crippen molar-refractivity contribution in [3.05, 3.63) is 249 Å². The summed E-state index contributed by atoms with van der Waals surface area (Å²) in [6, 6.07) is 47.1. The van der Waals surface area contributed by atoms with Crippen LogP contribution in [-0.2, 0) is 97.2 Å². The Morgan fingerprint density at radius 2 is 0.724 bits per heavy atom. The number of halogens is 6. The van der Waals surface area contributed by atoms with E-state index in [1.807, 2.05) is 106 Å². The van der Waals surface area contributed by atoms with Crippen LogP contribution in [0.4, 0.5) is 4.79 Å². The molecule has 127 heavy (non-hydrogen) atoms. The fourth-order valence-corrected chi connectivity index (χ4v) is 21.7. The van der Waals surface area contributed by atoms with Crippen molar-refractivity contribution in [1.82, 2.24) is 44.8 Å². The van der Waals surface area contributed by atoms with Crippen molar-refractivity contribution in [2.24, 2.45) is 0 Å². The number of amides is 3. The summed E-state index contributed by atoms with van der Waals surface area (Å²) in [5, 5.41) is 12.0. The highest BCUT2D eigenvalue weighted by atomic mass is 35.5. The zero-order valence-electron chi connectivity index (χ0n) is 71.2. The first-order chi connectivity index (χ1) is 61.0. The third-order valence-corrected chi connectivity index (χ3v) is 29.1. The Balaban J connectivity index is 0.615. The lowest BCUT2D eigenvalue weighted by molar-refractivity contribution is -0.121. The molecule has 26 nitrogen and oxygen atoms in total. The predicted molar refractivity (Wildman–Crippen MR) is 493 cm³/mol. The molecule has 3 atom stereocenters. The van der Waals surface area contributed by atoms with Gasteiger partial charge in [0.2, 0.25) is 41.9 Å². The Bertz CT molecular complexity index is 5030. The van der Waals surface area contributed by atoms with Gasteiger partial charge in [-0.2, -0.15) is 0 Å². The van der Waals surface area contributed by atoms with Gasteiger partial charge in [-0.1, -0.05) is 155 Å². The van der Waals surface area contributed by atoms with Crippen molar-refractivity contribution in [3.63, 3.8) is 0 Å². The van der Waals surface area contributed by atoms with Crippen LogP contribution in [-0.4, -0.2) is 229 Å². The van der Waals surface area contributed by atoms with Crippen molar-refractivity contribution in [3.8, 4) is 11.1 Å². The number of ketones is 1. The number of nitrogens with zero attached hydrogens (tertiary/aromatic N) is 3. The second-order valence-corrected chi connectivity index (χ2v) is 40.1. The number of fused-ring (bicyclic) bond motifs is 6. The molecule has 12 rings (SSSR count). The summed E-state index contributed by atoms with van der Waals surface area (Å²) in [4.78, 5) is 63.0. The van der Waals surface area contributed by atoms with Crippen LogP contribution < -0.4 is 30.1 Å². The van der Waals surface area contributed by atoms with Gasteiger partial charge in [0.25, 0.3) is 0 Å². The van der Waals surface area contributed by atoms with E-state index in [9.17, 15) is 44.4 Å². The van der Waals surface area contributed by atoms with Gasteiger partial charge < -0.3 is 63.8 Å². The normalized spacial score (nSPS) is 16.1. The van der Waals surface area contributed by atoms with Gasteiger partial charge in [-0.15, -0.1) is 0 Å². The number of alkyl carbamates (subject to hydrolysis) is 1. The lowest BCUT2D eigenvalue weighted by Gasteiger charge is -2.35. The Hall–Kier alpha value is -7.25. The van der Waals surface area contributed by atoms with E-state index in [0.29, 0.717) is 75.8 Å². The summed E-state index contributed by atoms with van der Waals surface area (Å²) < 4.78 is 130. The maximum absolute atomic E-state index is 14.5. The molecule has 0 fully saturated rings. The summed E-state index contributed by atoms with van der Waals surface area (Å²) in [7, 11) is -5.81. The van der Waals surface area contributed by atoms with Gasteiger partial charge in [-0.25, -0.2) is 44.2 Å².